The normalized spacial score (nSPS) is 35.0. The van der Waals surface area contributed by atoms with Crippen LogP contribution in [0.2, 0.25) is 0 Å². The summed E-state index contributed by atoms with van der Waals surface area (Å²) in [6, 6.07) is 0. The third-order valence-electron chi connectivity index (χ3n) is 3.19. The highest BCUT2D eigenvalue weighted by Crippen LogP contribution is 2.39. The van der Waals surface area contributed by atoms with Gasteiger partial charge in [0.15, 0.2) is 5.82 Å². The molecule has 0 atom stereocenters. The molecular formula is C11H15BrN2O2. The Balaban J connectivity index is 2.18. The molecule has 1 saturated carbocycles. The molecular weight excluding hydrogens is 272 g/mol. The third-order valence-corrected chi connectivity index (χ3v) is 3.60. The predicted molar refractivity (Wildman–Crippen MR) is 62.7 cm³/mol. The minimum atomic E-state index is -0.983. The van der Waals surface area contributed by atoms with Crippen molar-refractivity contribution in [3.63, 3.8) is 0 Å². The highest BCUT2D eigenvalue weighted by molar-refractivity contribution is 9.10. The van der Waals surface area contributed by atoms with Gasteiger partial charge in [0.05, 0.1) is 10.1 Å². The Morgan fingerprint density at radius 1 is 1.12 bits per heavy atom. The first-order valence-electron chi connectivity index (χ1n) is 5.34. The lowest BCUT2D eigenvalue weighted by Crippen LogP contribution is -2.40. The van der Waals surface area contributed by atoms with Crippen LogP contribution in [0.15, 0.2) is 16.9 Å². The molecule has 1 aromatic heterocycles. The van der Waals surface area contributed by atoms with Crippen molar-refractivity contribution in [1.82, 2.24) is 9.97 Å². The maximum atomic E-state index is 10.4. The van der Waals surface area contributed by atoms with Gasteiger partial charge >= 0.3 is 0 Å². The van der Waals surface area contributed by atoms with Crippen LogP contribution in [0.3, 0.4) is 0 Å². The molecule has 0 unspecified atom stereocenters. The van der Waals surface area contributed by atoms with E-state index in [1.54, 1.807) is 19.3 Å². The standard InChI is InChI=1S/C11H15BrN2O2/c1-10(15)2-4-11(16,5-3-10)9-13-6-8(12)7-14-9/h6-7,15-16H,2-5H2,1H3. The van der Waals surface area contributed by atoms with Crippen LogP contribution in [0.1, 0.15) is 38.4 Å². The molecule has 1 aliphatic rings. The summed E-state index contributed by atoms with van der Waals surface area (Å²) in [6.07, 6.45) is 5.41. The van der Waals surface area contributed by atoms with Crippen LogP contribution in [0.25, 0.3) is 0 Å². The van der Waals surface area contributed by atoms with Crippen molar-refractivity contribution < 1.29 is 10.2 Å². The summed E-state index contributed by atoms with van der Waals surface area (Å²) in [5.41, 5.74) is -1.65. The van der Waals surface area contributed by atoms with Gasteiger partial charge in [-0.15, -0.1) is 0 Å². The van der Waals surface area contributed by atoms with Crippen LogP contribution >= 0.6 is 15.9 Å². The van der Waals surface area contributed by atoms with Gasteiger partial charge in [0.1, 0.15) is 5.60 Å². The Labute approximate surface area is 103 Å². The summed E-state index contributed by atoms with van der Waals surface area (Å²) in [6.45, 7) is 1.80. The summed E-state index contributed by atoms with van der Waals surface area (Å²) in [5, 5.41) is 20.3. The predicted octanol–water partition coefficient (Wildman–Crippen LogP) is 1.75. The second-order valence-corrected chi connectivity index (χ2v) is 5.67. The molecule has 1 heterocycles. The highest BCUT2D eigenvalue weighted by Gasteiger charge is 2.40. The van der Waals surface area contributed by atoms with Gasteiger partial charge in [-0.3, -0.25) is 0 Å². The van der Waals surface area contributed by atoms with E-state index in [0.717, 1.165) is 4.47 Å². The molecule has 0 spiro atoms. The Kier molecular flexibility index (Phi) is 3.03. The number of halogens is 1. The zero-order valence-electron chi connectivity index (χ0n) is 9.15. The minimum absolute atomic E-state index is 0.450. The largest absolute Gasteiger partial charge is 0.390 e. The molecule has 4 nitrogen and oxygen atoms in total. The van der Waals surface area contributed by atoms with Crippen molar-refractivity contribution >= 4 is 15.9 Å². The number of nitrogens with zero attached hydrogens (tertiary/aromatic N) is 2. The van der Waals surface area contributed by atoms with E-state index < -0.39 is 11.2 Å². The summed E-state index contributed by atoms with van der Waals surface area (Å²) < 4.78 is 0.794. The van der Waals surface area contributed by atoms with Crippen LogP contribution in [0.5, 0.6) is 0 Å². The Bertz CT molecular complexity index is 368. The summed E-state index contributed by atoms with van der Waals surface area (Å²) in [4.78, 5) is 8.26. The van der Waals surface area contributed by atoms with Crippen LogP contribution in [0, 0.1) is 0 Å². The summed E-state index contributed by atoms with van der Waals surface area (Å²) in [5.74, 6) is 0.450. The van der Waals surface area contributed by atoms with Gasteiger partial charge in [-0.1, -0.05) is 0 Å². The van der Waals surface area contributed by atoms with Crippen molar-refractivity contribution in [2.45, 2.75) is 43.8 Å². The van der Waals surface area contributed by atoms with Gasteiger partial charge < -0.3 is 10.2 Å². The van der Waals surface area contributed by atoms with Gasteiger partial charge in [0.25, 0.3) is 0 Å². The fourth-order valence-corrected chi connectivity index (χ4v) is 2.18. The van der Waals surface area contributed by atoms with E-state index in [9.17, 15) is 10.2 Å². The second kappa shape index (κ2) is 4.05. The highest BCUT2D eigenvalue weighted by atomic mass is 79.9. The van der Waals surface area contributed by atoms with Gasteiger partial charge in [0.2, 0.25) is 0 Å². The summed E-state index contributed by atoms with van der Waals surface area (Å²) in [7, 11) is 0. The Hall–Kier alpha value is -0.520. The molecule has 1 aliphatic carbocycles. The minimum Gasteiger partial charge on any atom is -0.390 e. The van der Waals surface area contributed by atoms with Gasteiger partial charge in [-0.2, -0.15) is 0 Å². The number of aliphatic hydroxyl groups is 2. The molecule has 0 radical (unpaired) electrons. The molecule has 1 aromatic rings. The van der Waals surface area contributed by atoms with E-state index in [-0.39, 0.29) is 0 Å². The van der Waals surface area contributed by atoms with Crippen LogP contribution in [-0.4, -0.2) is 25.8 Å². The molecule has 88 valence electrons. The molecule has 2 rings (SSSR count). The van der Waals surface area contributed by atoms with E-state index in [4.69, 9.17) is 0 Å². The van der Waals surface area contributed by atoms with Crippen molar-refractivity contribution in [2.75, 3.05) is 0 Å². The van der Waals surface area contributed by atoms with E-state index in [1.807, 2.05) is 0 Å². The quantitative estimate of drug-likeness (QED) is 0.826. The summed E-state index contributed by atoms with van der Waals surface area (Å²) >= 11 is 3.26. The maximum absolute atomic E-state index is 10.4. The number of hydrogen-bond acceptors (Lipinski definition) is 4. The molecule has 0 aromatic carbocycles. The third kappa shape index (κ3) is 2.42. The average Bonchev–Trinajstić information content (AvgIpc) is 2.24. The first kappa shape index (κ1) is 12.0. The number of hydrogen-bond donors (Lipinski definition) is 2. The SMILES string of the molecule is CC1(O)CCC(O)(c2ncc(Br)cn2)CC1. The molecule has 2 N–H and O–H groups in total. The van der Waals surface area contributed by atoms with Gasteiger partial charge in [0, 0.05) is 12.4 Å². The molecule has 5 heteroatoms. The van der Waals surface area contributed by atoms with E-state index in [0.29, 0.717) is 31.5 Å². The van der Waals surface area contributed by atoms with Crippen molar-refractivity contribution in [3.05, 3.63) is 22.7 Å². The van der Waals surface area contributed by atoms with Crippen LogP contribution < -0.4 is 0 Å². The molecule has 0 bridgehead atoms. The van der Waals surface area contributed by atoms with E-state index in [2.05, 4.69) is 25.9 Å². The van der Waals surface area contributed by atoms with Crippen LogP contribution in [0.4, 0.5) is 0 Å². The monoisotopic (exact) mass is 286 g/mol. The number of rotatable bonds is 1. The van der Waals surface area contributed by atoms with E-state index >= 15 is 0 Å². The van der Waals surface area contributed by atoms with Gasteiger partial charge in [-0.25, -0.2) is 9.97 Å². The average molecular weight is 287 g/mol. The van der Waals surface area contributed by atoms with E-state index in [1.165, 1.54) is 0 Å². The Morgan fingerprint density at radius 2 is 1.62 bits per heavy atom. The molecule has 0 saturated heterocycles. The topological polar surface area (TPSA) is 66.2 Å². The maximum Gasteiger partial charge on any atom is 0.160 e. The van der Waals surface area contributed by atoms with Crippen molar-refractivity contribution in [2.24, 2.45) is 0 Å². The smallest absolute Gasteiger partial charge is 0.160 e. The Morgan fingerprint density at radius 3 is 2.12 bits per heavy atom. The molecule has 1 fully saturated rings. The molecule has 16 heavy (non-hydrogen) atoms. The van der Waals surface area contributed by atoms with Gasteiger partial charge in [-0.05, 0) is 48.5 Å². The molecule has 0 amide bonds. The fraction of sp³-hybridized carbons (Fsp3) is 0.636. The lowest BCUT2D eigenvalue weighted by molar-refractivity contribution is -0.0803. The van der Waals surface area contributed by atoms with Crippen molar-refractivity contribution in [3.8, 4) is 0 Å². The molecule has 0 aliphatic heterocycles. The first-order valence-corrected chi connectivity index (χ1v) is 6.13. The fourth-order valence-electron chi connectivity index (χ4n) is 1.98. The zero-order valence-corrected chi connectivity index (χ0v) is 10.7. The lowest BCUT2D eigenvalue weighted by Gasteiger charge is -2.38. The first-order chi connectivity index (χ1) is 7.41. The van der Waals surface area contributed by atoms with Crippen LogP contribution in [-0.2, 0) is 5.60 Å². The zero-order chi connectivity index (χ0) is 11.8. The van der Waals surface area contributed by atoms with Crippen molar-refractivity contribution in [1.29, 1.82) is 0 Å². The lowest BCUT2D eigenvalue weighted by atomic mass is 9.76. The number of aromatic nitrogens is 2. The second-order valence-electron chi connectivity index (χ2n) is 4.75.